The lowest BCUT2D eigenvalue weighted by Gasteiger charge is -2.23. The predicted octanol–water partition coefficient (Wildman–Crippen LogP) is 2.74. The maximum Gasteiger partial charge on any atom is 0.188 e. The maximum absolute atomic E-state index is 5.96. The fourth-order valence-corrected chi connectivity index (χ4v) is 2.96. The smallest absolute Gasteiger partial charge is 0.188 e. The molecule has 0 unspecified atom stereocenters. The van der Waals surface area contributed by atoms with E-state index in [0.29, 0.717) is 12.0 Å². The lowest BCUT2D eigenvalue weighted by molar-refractivity contribution is 0.273. The molecule has 1 aliphatic rings. The molecule has 20 heavy (non-hydrogen) atoms. The minimum absolute atomic E-state index is 0.559. The molecule has 1 saturated carbocycles. The van der Waals surface area contributed by atoms with Crippen molar-refractivity contribution in [2.45, 2.75) is 71.3 Å². The molecule has 4 heteroatoms. The van der Waals surface area contributed by atoms with Gasteiger partial charge in [-0.3, -0.25) is 4.99 Å². The molecule has 0 aromatic heterocycles. The molecule has 0 amide bonds. The van der Waals surface area contributed by atoms with Gasteiger partial charge in [-0.15, -0.1) is 0 Å². The zero-order valence-corrected chi connectivity index (χ0v) is 13.5. The van der Waals surface area contributed by atoms with Crippen LogP contribution in [-0.2, 0) is 0 Å². The molecule has 0 saturated heterocycles. The van der Waals surface area contributed by atoms with Gasteiger partial charge in [0.25, 0.3) is 0 Å². The topological polar surface area (TPSA) is 53.6 Å². The second kappa shape index (κ2) is 11.0. The molecular weight excluding hydrogens is 248 g/mol. The van der Waals surface area contributed by atoms with Gasteiger partial charge in [-0.1, -0.05) is 33.1 Å². The Hall–Kier alpha value is -0.770. The molecule has 1 aliphatic carbocycles. The Kier molecular flexibility index (Phi) is 9.46. The van der Waals surface area contributed by atoms with E-state index >= 15 is 0 Å². The fourth-order valence-electron chi connectivity index (χ4n) is 2.96. The van der Waals surface area contributed by atoms with Crippen LogP contribution < -0.4 is 11.1 Å². The van der Waals surface area contributed by atoms with E-state index in [1.165, 1.54) is 58.0 Å². The van der Waals surface area contributed by atoms with Crippen LogP contribution in [0.15, 0.2) is 4.99 Å². The third-order valence-electron chi connectivity index (χ3n) is 3.95. The van der Waals surface area contributed by atoms with Gasteiger partial charge in [-0.2, -0.15) is 0 Å². The molecule has 0 heterocycles. The summed E-state index contributed by atoms with van der Waals surface area (Å²) in [6.45, 7) is 8.87. The molecule has 0 bridgehead atoms. The van der Waals surface area contributed by atoms with E-state index in [-0.39, 0.29) is 0 Å². The lowest BCUT2D eigenvalue weighted by atomic mass is 9.96. The highest BCUT2D eigenvalue weighted by Crippen LogP contribution is 2.16. The molecular formula is C16H34N4. The van der Waals surface area contributed by atoms with Crippen molar-refractivity contribution in [1.82, 2.24) is 10.2 Å². The Morgan fingerprint density at radius 1 is 1.10 bits per heavy atom. The van der Waals surface area contributed by atoms with Crippen LogP contribution in [0.4, 0.5) is 0 Å². The highest BCUT2D eigenvalue weighted by molar-refractivity contribution is 5.78. The summed E-state index contributed by atoms with van der Waals surface area (Å²) in [5, 5.41) is 3.37. The zero-order chi connectivity index (χ0) is 14.6. The van der Waals surface area contributed by atoms with Gasteiger partial charge in [0, 0.05) is 12.6 Å². The van der Waals surface area contributed by atoms with E-state index in [9.17, 15) is 0 Å². The average molecular weight is 282 g/mol. The third-order valence-corrected chi connectivity index (χ3v) is 3.95. The first-order chi connectivity index (χ1) is 9.76. The Balaban J connectivity index is 2.14. The van der Waals surface area contributed by atoms with Gasteiger partial charge >= 0.3 is 0 Å². The van der Waals surface area contributed by atoms with E-state index in [4.69, 9.17) is 5.73 Å². The quantitative estimate of drug-likeness (QED) is 0.388. The van der Waals surface area contributed by atoms with Crippen LogP contribution in [0.5, 0.6) is 0 Å². The molecule has 0 aromatic rings. The molecule has 4 nitrogen and oxygen atoms in total. The predicted molar refractivity (Wildman–Crippen MR) is 88.1 cm³/mol. The van der Waals surface area contributed by atoms with Crippen LogP contribution in [0, 0.1) is 0 Å². The molecule has 0 atom stereocenters. The van der Waals surface area contributed by atoms with E-state index in [2.05, 4.69) is 29.1 Å². The van der Waals surface area contributed by atoms with Crippen LogP contribution in [0.1, 0.15) is 65.2 Å². The summed E-state index contributed by atoms with van der Waals surface area (Å²) in [4.78, 5) is 7.00. The standard InChI is InChI=1S/C16H34N4/c1-3-12-20(13-4-2)14-8-11-18-16(17)19-15-9-6-5-7-10-15/h15H,3-14H2,1-2H3,(H3,17,18,19). The largest absolute Gasteiger partial charge is 0.370 e. The van der Waals surface area contributed by atoms with Crippen LogP contribution >= 0.6 is 0 Å². The third kappa shape index (κ3) is 7.73. The van der Waals surface area contributed by atoms with Gasteiger partial charge < -0.3 is 16.0 Å². The van der Waals surface area contributed by atoms with Crippen molar-refractivity contribution in [3.8, 4) is 0 Å². The first-order valence-corrected chi connectivity index (χ1v) is 8.55. The molecule has 0 spiro atoms. The van der Waals surface area contributed by atoms with E-state index < -0.39 is 0 Å². The Labute approximate surface area is 125 Å². The van der Waals surface area contributed by atoms with Crippen LogP contribution in [0.3, 0.4) is 0 Å². The SMILES string of the molecule is CCCN(CCC)CCCN=C(N)NC1CCCCC1. The molecule has 0 radical (unpaired) electrons. The van der Waals surface area contributed by atoms with Crippen molar-refractivity contribution in [1.29, 1.82) is 0 Å². The second-order valence-corrected chi connectivity index (χ2v) is 5.94. The Morgan fingerprint density at radius 2 is 1.75 bits per heavy atom. The number of hydrogen-bond acceptors (Lipinski definition) is 2. The number of nitrogens with zero attached hydrogens (tertiary/aromatic N) is 2. The van der Waals surface area contributed by atoms with Crippen molar-refractivity contribution >= 4 is 5.96 Å². The van der Waals surface area contributed by atoms with Gasteiger partial charge in [0.2, 0.25) is 0 Å². The molecule has 1 rings (SSSR count). The molecule has 3 N–H and O–H groups in total. The molecule has 1 fully saturated rings. The highest BCUT2D eigenvalue weighted by Gasteiger charge is 2.13. The summed E-state index contributed by atoms with van der Waals surface area (Å²) in [5.74, 6) is 0.648. The van der Waals surface area contributed by atoms with E-state index in [1.54, 1.807) is 0 Å². The number of guanidine groups is 1. The summed E-state index contributed by atoms with van der Waals surface area (Å²) in [5.41, 5.74) is 5.96. The maximum atomic E-state index is 5.96. The Morgan fingerprint density at radius 3 is 2.35 bits per heavy atom. The average Bonchev–Trinajstić information content (AvgIpc) is 2.45. The zero-order valence-electron chi connectivity index (χ0n) is 13.5. The van der Waals surface area contributed by atoms with Gasteiger partial charge in [0.1, 0.15) is 0 Å². The number of aliphatic imine (C=N–C) groups is 1. The van der Waals surface area contributed by atoms with E-state index in [0.717, 1.165) is 19.5 Å². The van der Waals surface area contributed by atoms with Crippen molar-refractivity contribution in [2.75, 3.05) is 26.2 Å². The normalized spacial score (nSPS) is 17.6. The van der Waals surface area contributed by atoms with Crippen molar-refractivity contribution in [3.63, 3.8) is 0 Å². The number of rotatable bonds is 9. The second-order valence-electron chi connectivity index (χ2n) is 5.94. The fraction of sp³-hybridized carbons (Fsp3) is 0.938. The summed E-state index contributed by atoms with van der Waals surface area (Å²) in [6.07, 6.45) is 10.1. The van der Waals surface area contributed by atoms with Gasteiger partial charge in [-0.25, -0.2) is 0 Å². The van der Waals surface area contributed by atoms with Crippen LogP contribution in [0.25, 0.3) is 0 Å². The summed E-state index contributed by atoms with van der Waals surface area (Å²) < 4.78 is 0. The summed E-state index contributed by atoms with van der Waals surface area (Å²) in [7, 11) is 0. The van der Waals surface area contributed by atoms with Crippen molar-refractivity contribution < 1.29 is 0 Å². The number of nitrogens with two attached hydrogens (primary N) is 1. The number of hydrogen-bond donors (Lipinski definition) is 2. The van der Waals surface area contributed by atoms with E-state index in [1.807, 2.05) is 0 Å². The van der Waals surface area contributed by atoms with Gasteiger partial charge in [0.15, 0.2) is 5.96 Å². The lowest BCUT2D eigenvalue weighted by Crippen LogP contribution is -2.41. The van der Waals surface area contributed by atoms with Crippen molar-refractivity contribution in [3.05, 3.63) is 0 Å². The van der Waals surface area contributed by atoms with Crippen molar-refractivity contribution in [2.24, 2.45) is 10.7 Å². The summed E-state index contributed by atoms with van der Waals surface area (Å²) in [6, 6.07) is 0.559. The Bertz CT molecular complexity index is 253. The first kappa shape index (κ1) is 17.3. The number of nitrogens with one attached hydrogen (secondary N) is 1. The van der Waals surface area contributed by atoms with Gasteiger partial charge in [0.05, 0.1) is 0 Å². The highest BCUT2D eigenvalue weighted by atomic mass is 15.1. The minimum Gasteiger partial charge on any atom is -0.370 e. The van der Waals surface area contributed by atoms with Crippen LogP contribution in [-0.4, -0.2) is 43.1 Å². The van der Waals surface area contributed by atoms with Crippen LogP contribution in [0.2, 0.25) is 0 Å². The summed E-state index contributed by atoms with van der Waals surface area (Å²) >= 11 is 0. The minimum atomic E-state index is 0.559. The monoisotopic (exact) mass is 282 g/mol. The van der Waals surface area contributed by atoms with Gasteiger partial charge in [-0.05, 0) is 51.7 Å². The first-order valence-electron chi connectivity index (χ1n) is 8.55. The molecule has 118 valence electrons. The molecule has 0 aliphatic heterocycles. The molecule has 0 aromatic carbocycles.